The van der Waals surface area contributed by atoms with Gasteiger partial charge in [0.2, 0.25) is 5.88 Å². The zero-order valence-corrected chi connectivity index (χ0v) is 23.7. The Hall–Kier alpha value is -2.75. The Balaban J connectivity index is 1.34. The van der Waals surface area contributed by atoms with Gasteiger partial charge in [-0.25, -0.2) is 9.97 Å². The van der Waals surface area contributed by atoms with Gasteiger partial charge in [0.25, 0.3) is 0 Å². The van der Waals surface area contributed by atoms with Crippen LogP contribution in [0.1, 0.15) is 18.9 Å². The summed E-state index contributed by atoms with van der Waals surface area (Å²) in [4.78, 5) is 28.2. The second kappa shape index (κ2) is 13.1. The highest BCUT2D eigenvalue weighted by atomic mass is 35.5. The number of hydrogen-bond acceptors (Lipinski definition) is 8. The van der Waals surface area contributed by atoms with E-state index in [9.17, 15) is 4.79 Å². The number of ketones is 1. The topological polar surface area (TPSA) is 73.8 Å². The Morgan fingerprint density at radius 3 is 2.33 bits per heavy atom. The SMILES string of the molecule is CCC(=O)CN1CCN(Cc2cc(Oc3ccc(N4CCNCC4)nc3)nc(-c3cc(Cl)cc(Cl)c3)c2)CC1. The van der Waals surface area contributed by atoms with Crippen molar-refractivity contribution in [3.05, 3.63) is 64.3 Å². The van der Waals surface area contributed by atoms with Crippen molar-refractivity contribution in [1.29, 1.82) is 0 Å². The van der Waals surface area contributed by atoms with Gasteiger partial charge in [0.05, 0.1) is 18.4 Å². The molecule has 5 rings (SSSR count). The molecular formula is C29H34Cl2N6O2. The molecule has 2 aromatic heterocycles. The Morgan fingerprint density at radius 1 is 0.949 bits per heavy atom. The van der Waals surface area contributed by atoms with Crippen molar-refractivity contribution in [1.82, 2.24) is 25.1 Å². The Bertz CT molecular complexity index is 1260. The van der Waals surface area contributed by atoms with Gasteiger partial charge in [0.1, 0.15) is 17.4 Å². The lowest BCUT2D eigenvalue weighted by Crippen LogP contribution is -2.47. The van der Waals surface area contributed by atoms with Gasteiger partial charge in [-0.3, -0.25) is 14.6 Å². The first kappa shape index (κ1) is 27.8. The molecule has 1 aromatic carbocycles. The van der Waals surface area contributed by atoms with Crippen LogP contribution in [-0.2, 0) is 11.3 Å². The summed E-state index contributed by atoms with van der Waals surface area (Å²) in [6.45, 7) is 10.5. The second-order valence-corrected chi connectivity index (χ2v) is 10.9. The Labute approximate surface area is 239 Å². The summed E-state index contributed by atoms with van der Waals surface area (Å²) in [5.41, 5.74) is 2.65. The van der Waals surface area contributed by atoms with Crippen molar-refractivity contribution in [3.63, 3.8) is 0 Å². The standard InChI is InChI=1S/C29H34Cl2N6O2/c1-2-25(38)20-36-11-9-35(10-12-36)19-21-13-27(22-15-23(30)17-24(31)16-22)34-29(14-21)39-26-3-4-28(33-18-26)37-7-5-32-6-8-37/h3-4,13-18,32H,2,5-12,19-20H2,1H3. The van der Waals surface area contributed by atoms with Crippen molar-refractivity contribution >= 4 is 34.8 Å². The van der Waals surface area contributed by atoms with Crippen LogP contribution in [0.3, 0.4) is 0 Å². The fourth-order valence-electron chi connectivity index (χ4n) is 4.91. The molecule has 2 aliphatic rings. The monoisotopic (exact) mass is 568 g/mol. The number of nitrogens with one attached hydrogen (secondary N) is 1. The van der Waals surface area contributed by atoms with Crippen LogP contribution in [0.25, 0.3) is 11.3 Å². The minimum absolute atomic E-state index is 0.291. The van der Waals surface area contributed by atoms with Gasteiger partial charge in [0.15, 0.2) is 0 Å². The predicted octanol–water partition coefficient (Wildman–Crippen LogP) is 4.75. The summed E-state index contributed by atoms with van der Waals surface area (Å²) in [5, 5.41) is 4.47. The first-order valence-electron chi connectivity index (χ1n) is 13.5. The average Bonchev–Trinajstić information content (AvgIpc) is 2.94. The molecule has 10 heteroatoms. The molecule has 8 nitrogen and oxygen atoms in total. The third-order valence-electron chi connectivity index (χ3n) is 7.07. The van der Waals surface area contributed by atoms with E-state index in [-0.39, 0.29) is 0 Å². The van der Waals surface area contributed by atoms with Crippen molar-refractivity contribution in [2.45, 2.75) is 19.9 Å². The predicted molar refractivity (Wildman–Crippen MR) is 156 cm³/mol. The number of benzene rings is 1. The van der Waals surface area contributed by atoms with E-state index < -0.39 is 0 Å². The first-order chi connectivity index (χ1) is 18.9. The van der Waals surface area contributed by atoms with Crippen LogP contribution in [-0.4, -0.2) is 84.5 Å². The zero-order valence-electron chi connectivity index (χ0n) is 22.2. The molecule has 0 atom stereocenters. The van der Waals surface area contributed by atoms with Crippen molar-refractivity contribution in [3.8, 4) is 22.9 Å². The summed E-state index contributed by atoms with van der Waals surface area (Å²) in [6, 6.07) is 13.4. The smallest absolute Gasteiger partial charge is 0.220 e. The molecule has 0 spiro atoms. The number of anilines is 1. The van der Waals surface area contributed by atoms with Crippen LogP contribution < -0.4 is 15.0 Å². The van der Waals surface area contributed by atoms with Gasteiger partial charge in [-0.05, 0) is 42.0 Å². The molecule has 0 aliphatic carbocycles. The quantitative estimate of drug-likeness (QED) is 0.396. The highest BCUT2D eigenvalue weighted by Crippen LogP contribution is 2.30. The van der Waals surface area contributed by atoms with Crippen molar-refractivity contribution in [2.24, 2.45) is 0 Å². The molecule has 0 saturated carbocycles. The van der Waals surface area contributed by atoms with Crippen LogP contribution in [0.2, 0.25) is 10.0 Å². The van der Waals surface area contributed by atoms with E-state index in [4.69, 9.17) is 32.9 Å². The fraction of sp³-hybridized carbons (Fsp3) is 0.414. The van der Waals surface area contributed by atoms with E-state index in [0.717, 1.165) is 81.5 Å². The number of hydrogen-bond donors (Lipinski definition) is 1. The molecule has 0 radical (unpaired) electrons. The first-order valence-corrected chi connectivity index (χ1v) is 14.2. The van der Waals surface area contributed by atoms with E-state index >= 15 is 0 Å². The number of nitrogens with zero attached hydrogens (tertiary/aromatic N) is 5. The molecular weight excluding hydrogens is 535 g/mol. The molecule has 206 valence electrons. The number of aromatic nitrogens is 2. The van der Waals surface area contributed by atoms with Crippen LogP contribution >= 0.6 is 23.2 Å². The molecule has 2 saturated heterocycles. The van der Waals surface area contributed by atoms with E-state index in [2.05, 4.69) is 31.1 Å². The maximum absolute atomic E-state index is 11.9. The van der Waals surface area contributed by atoms with Crippen molar-refractivity contribution < 1.29 is 9.53 Å². The van der Waals surface area contributed by atoms with Crippen molar-refractivity contribution in [2.75, 3.05) is 63.8 Å². The van der Waals surface area contributed by atoms with Gasteiger partial charge < -0.3 is 15.0 Å². The van der Waals surface area contributed by atoms with Crippen LogP contribution in [0.4, 0.5) is 5.82 Å². The summed E-state index contributed by atoms with van der Waals surface area (Å²) in [5.74, 6) is 2.35. The highest BCUT2D eigenvalue weighted by molar-refractivity contribution is 6.35. The molecule has 39 heavy (non-hydrogen) atoms. The number of pyridine rings is 2. The molecule has 0 amide bonds. The maximum atomic E-state index is 11.9. The molecule has 2 fully saturated rings. The number of carbonyl (C=O) groups is 1. The van der Waals surface area contributed by atoms with Gasteiger partial charge >= 0.3 is 0 Å². The number of carbonyl (C=O) groups excluding carboxylic acids is 1. The lowest BCUT2D eigenvalue weighted by Gasteiger charge is -2.34. The minimum Gasteiger partial charge on any atom is -0.437 e. The van der Waals surface area contributed by atoms with Gasteiger partial charge in [-0.15, -0.1) is 0 Å². The molecule has 0 bridgehead atoms. The van der Waals surface area contributed by atoms with E-state index in [0.29, 0.717) is 40.4 Å². The summed E-state index contributed by atoms with van der Waals surface area (Å²) >= 11 is 12.6. The fourth-order valence-corrected chi connectivity index (χ4v) is 5.44. The molecule has 0 unspecified atom stereocenters. The largest absolute Gasteiger partial charge is 0.437 e. The number of piperazine rings is 2. The number of rotatable bonds is 9. The van der Waals surface area contributed by atoms with Gasteiger partial charge in [-0.1, -0.05) is 30.1 Å². The molecule has 3 aromatic rings. The Morgan fingerprint density at radius 2 is 1.67 bits per heavy atom. The summed E-state index contributed by atoms with van der Waals surface area (Å²) < 4.78 is 6.21. The lowest BCUT2D eigenvalue weighted by molar-refractivity contribution is -0.120. The number of ether oxygens (including phenoxy) is 1. The Kier molecular flexibility index (Phi) is 9.32. The van der Waals surface area contributed by atoms with E-state index in [1.165, 1.54) is 0 Å². The van der Waals surface area contributed by atoms with Crippen LogP contribution in [0.5, 0.6) is 11.6 Å². The molecule has 4 heterocycles. The molecule has 2 aliphatic heterocycles. The third-order valence-corrected chi connectivity index (χ3v) is 7.51. The zero-order chi connectivity index (χ0) is 27.2. The number of Topliss-reactive ketones (excluding diaryl/α,β-unsaturated/α-hetero) is 1. The van der Waals surface area contributed by atoms with Crippen LogP contribution in [0, 0.1) is 0 Å². The van der Waals surface area contributed by atoms with E-state index in [1.807, 2.05) is 37.3 Å². The van der Waals surface area contributed by atoms with Gasteiger partial charge in [-0.2, -0.15) is 0 Å². The maximum Gasteiger partial charge on any atom is 0.220 e. The molecule has 1 N–H and O–H groups in total. The summed E-state index contributed by atoms with van der Waals surface area (Å²) in [6.07, 6.45) is 2.34. The van der Waals surface area contributed by atoms with E-state index in [1.54, 1.807) is 12.3 Å². The minimum atomic E-state index is 0.291. The number of halogens is 2. The van der Waals surface area contributed by atoms with Crippen LogP contribution in [0.15, 0.2) is 48.7 Å². The lowest BCUT2D eigenvalue weighted by atomic mass is 10.1. The third kappa shape index (κ3) is 7.68. The normalized spacial score (nSPS) is 16.8. The van der Waals surface area contributed by atoms with Gasteiger partial charge in [0, 0.05) is 87.0 Å². The average molecular weight is 570 g/mol. The highest BCUT2D eigenvalue weighted by Gasteiger charge is 2.20. The summed E-state index contributed by atoms with van der Waals surface area (Å²) in [7, 11) is 0. The second-order valence-electron chi connectivity index (χ2n) is 9.99.